The van der Waals surface area contributed by atoms with Gasteiger partial charge in [0.1, 0.15) is 6.10 Å². The van der Waals surface area contributed by atoms with Crippen molar-refractivity contribution in [3.8, 4) is 11.5 Å². The van der Waals surface area contributed by atoms with Crippen LogP contribution in [0.2, 0.25) is 0 Å². The summed E-state index contributed by atoms with van der Waals surface area (Å²) >= 11 is 0. The Balaban J connectivity index is 1.32. The molecule has 0 unspecified atom stereocenters. The molecular weight excluding hydrogens is 410 g/mol. The summed E-state index contributed by atoms with van der Waals surface area (Å²) in [6, 6.07) is 9.36. The van der Waals surface area contributed by atoms with Crippen molar-refractivity contribution in [1.82, 2.24) is 9.88 Å². The number of para-hydroxylation sites is 1. The number of pyridine rings is 1. The molecule has 2 saturated carbocycles. The van der Waals surface area contributed by atoms with Crippen LogP contribution in [0.25, 0.3) is 0 Å². The van der Waals surface area contributed by atoms with Crippen molar-refractivity contribution in [2.24, 2.45) is 34.7 Å². The number of aromatic nitrogens is 1. The van der Waals surface area contributed by atoms with Gasteiger partial charge in [-0.05, 0) is 36.1 Å². The highest BCUT2D eigenvalue weighted by Gasteiger charge is 2.70. The molecule has 164 valence electrons. The zero-order valence-corrected chi connectivity index (χ0v) is 17.8. The second-order valence-electron chi connectivity index (χ2n) is 8.85. The van der Waals surface area contributed by atoms with Gasteiger partial charge in [0.25, 0.3) is 0 Å². The number of methoxy groups -OCH3 is 2. The molecule has 1 saturated heterocycles. The van der Waals surface area contributed by atoms with Crippen LogP contribution in [0.3, 0.4) is 0 Å². The molecule has 1 aromatic carbocycles. The van der Waals surface area contributed by atoms with E-state index in [1.54, 1.807) is 26.6 Å². The maximum atomic E-state index is 13.4. The number of carbonyl (C=O) groups excluding carboxylic acids is 2. The lowest BCUT2D eigenvalue weighted by Crippen LogP contribution is -2.41. The Bertz CT molecular complexity index is 1130. The second-order valence-corrected chi connectivity index (χ2v) is 8.85. The highest BCUT2D eigenvalue weighted by Crippen LogP contribution is 2.62. The fraction of sp³-hybridized carbons (Fsp3) is 0.417. The van der Waals surface area contributed by atoms with Crippen LogP contribution in [-0.4, -0.2) is 47.7 Å². The standard InChI is InChI=1S/C24H23N3O5/c1-30-16-7-3-6-13(21(16)31-2)20-19-14-9-15(22(19)32-26-20)18-17(14)23(28)27(24(18)29)11-12-5-4-8-25-10-12/h3-8,10,14-15,17-19,22H,9,11H2,1-2H3/t14-,15+,17+,18-,19+,22+/m0/s1. The molecule has 2 bridgehead atoms. The normalized spacial score (nSPS) is 31.9. The van der Waals surface area contributed by atoms with Gasteiger partial charge in [0.15, 0.2) is 11.5 Å². The highest BCUT2D eigenvalue weighted by molar-refractivity contribution is 6.10. The summed E-state index contributed by atoms with van der Waals surface area (Å²) < 4.78 is 11.1. The van der Waals surface area contributed by atoms with Gasteiger partial charge in [-0.25, -0.2) is 0 Å². The third-order valence-corrected chi connectivity index (χ3v) is 7.52. The molecule has 1 aromatic heterocycles. The van der Waals surface area contributed by atoms with Crippen molar-refractivity contribution in [2.45, 2.75) is 19.1 Å². The van der Waals surface area contributed by atoms with Crippen molar-refractivity contribution < 1.29 is 23.9 Å². The Hall–Kier alpha value is -3.42. The Morgan fingerprint density at radius 1 is 1.03 bits per heavy atom. The van der Waals surface area contributed by atoms with Crippen LogP contribution >= 0.6 is 0 Å². The van der Waals surface area contributed by atoms with Crippen molar-refractivity contribution in [2.75, 3.05) is 14.2 Å². The van der Waals surface area contributed by atoms with E-state index in [0.717, 1.165) is 23.3 Å². The van der Waals surface area contributed by atoms with Gasteiger partial charge in [0.05, 0.1) is 38.3 Å². The van der Waals surface area contributed by atoms with E-state index >= 15 is 0 Å². The second kappa shape index (κ2) is 7.05. The SMILES string of the molecule is COc1cccc(C2=NO[C@@H]3[C@@H]4C[C@@H]([C@H]5C(=O)N(Cc6cccnc6)C(=O)[C@@H]45)[C@H]23)c1OC. The molecule has 0 radical (unpaired) electrons. The topological polar surface area (TPSA) is 90.3 Å². The molecule has 8 heteroatoms. The Labute approximate surface area is 185 Å². The maximum absolute atomic E-state index is 13.4. The minimum absolute atomic E-state index is 0.0109. The fourth-order valence-electron chi connectivity index (χ4n) is 6.33. The molecule has 2 aromatic rings. The lowest BCUT2D eigenvalue weighted by molar-refractivity contribution is -0.141. The fourth-order valence-corrected chi connectivity index (χ4v) is 6.33. The summed E-state index contributed by atoms with van der Waals surface area (Å²) in [5.41, 5.74) is 2.44. The molecule has 3 heterocycles. The molecule has 32 heavy (non-hydrogen) atoms. The molecule has 6 rings (SSSR count). The zero-order valence-electron chi connectivity index (χ0n) is 17.8. The van der Waals surface area contributed by atoms with Crippen molar-refractivity contribution in [1.29, 1.82) is 0 Å². The first-order valence-corrected chi connectivity index (χ1v) is 10.8. The molecule has 6 atom stereocenters. The van der Waals surface area contributed by atoms with E-state index in [2.05, 4.69) is 10.1 Å². The number of imide groups is 1. The van der Waals surface area contributed by atoms with Crippen LogP contribution in [-0.2, 0) is 21.0 Å². The van der Waals surface area contributed by atoms with Gasteiger partial charge in [0.2, 0.25) is 11.8 Å². The van der Waals surface area contributed by atoms with Crippen LogP contribution in [0.5, 0.6) is 11.5 Å². The predicted octanol–water partition coefficient (Wildman–Crippen LogP) is 2.27. The number of amides is 2. The molecule has 2 aliphatic carbocycles. The van der Waals surface area contributed by atoms with Gasteiger partial charge in [0, 0.05) is 29.8 Å². The number of benzene rings is 1. The average molecular weight is 433 g/mol. The van der Waals surface area contributed by atoms with E-state index in [9.17, 15) is 9.59 Å². The predicted molar refractivity (Wildman–Crippen MR) is 113 cm³/mol. The van der Waals surface area contributed by atoms with Crippen LogP contribution in [0.4, 0.5) is 0 Å². The molecule has 0 spiro atoms. The van der Waals surface area contributed by atoms with Gasteiger partial charge in [-0.15, -0.1) is 0 Å². The summed E-state index contributed by atoms with van der Waals surface area (Å²) in [6.45, 7) is 0.263. The lowest BCUT2D eigenvalue weighted by atomic mass is 9.71. The average Bonchev–Trinajstić information content (AvgIpc) is 3.56. The molecule has 0 N–H and O–H groups in total. The number of likely N-dealkylation sites (tertiary alicyclic amines) is 1. The minimum atomic E-state index is -0.327. The number of ether oxygens (including phenoxy) is 2. The summed E-state index contributed by atoms with van der Waals surface area (Å²) in [6.07, 6.45) is 3.98. The number of hydrogen-bond acceptors (Lipinski definition) is 7. The first kappa shape index (κ1) is 19.3. The first-order chi connectivity index (χ1) is 15.6. The maximum Gasteiger partial charge on any atom is 0.233 e. The molecule has 4 aliphatic rings. The molecule has 3 fully saturated rings. The summed E-state index contributed by atoms with van der Waals surface area (Å²) in [5, 5.41) is 4.42. The van der Waals surface area contributed by atoms with Crippen molar-refractivity contribution in [3.05, 3.63) is 53.9 Å². The summed E-state index contributed by atoms with van der Waals surface area (Å²) in [4.78, 5) is 38.1. The van der Waals surface area contributed by atoms with Gasteiger partial charge < -0.3 is 14.3 Å². The third kappa shape index (κ3) is 2.49. The van der Waals surface area contributed by atoms with Crippen molar-refractivity contribution >= 4 is 17.5 Å². The van der Waals surface area contributed by atoms with Gasteiger partial charge in [-0.3, -0.25) is 19.5 Å². The minimum Gasteiger partial charge on any atom is -0.493 e. The van der Waals surface area contributed by atoms with E-state index < -0.39 is 0 Å². The molecular formula is C24H23N3O5. The van der Waals surface area contributed by atoms with E-state index in [0.29, 0.717) is 11.5 Å². The smallest absolute Gasteiger partial charge is 0.233 e. The van der Waals surface area contributed by atoms with E-state index in [1.165, 1.54) is 4.90 Å². The van der Waals surface area contributed by atoms with Gasteiger partial charge in [-0.2, -0.15) is 0 Å². The van der Waals surface area contributed by atoms with Crippen LogP contribution in [0.1, 0.15) is 17.5 Å². The zero-order chi connectivity index (χ0) is 22.0. The van der Waals surface area contributed by atoms with E-state index in [-0.39, 0.29) is 54.1 Å². The van der Waals surface area contributed by atoms with Crippen LogP contribution < -0.4 is 9.47 Å². The summed E-state index contributed by atoms with van der Waals surface area (Å²) in [5.74, 6) is 0.352. The third-order valence-electron chi connectivity index (χ3n) is 7.52. The Kier molecular flexibility index (Phi) is 4.25. The van der Waals surface area contributed by atoms with E-state index in [1.807, 2.05) is 30.3 Å². The quantitative estimate of drug-likeness (QED) is 0.672. The number of hydrogen-bond donors (Lipinski definition) is 0. The van der Waals surface area contributed by atoms with Crippen LogP contribution in [0, 0.1) is 29.6 Å². The molecule has 2 amide bonds. The number of carbonyl (C=O) groups is 2. The molecule has 8 nitrogen and oxygen atoms in total. The van der Waals surface area contributed by atoms with Gasteiger partial charge >= 0.3 is 0 Å². The number of rotatable bonds is 5. The summed E-state index contributed by atoms with van der Waals surface area (Å²) in [7, 11) is 3.20. The van der Waals surface area contributed by atoms with Gasteiger partial charge in [-0.1, -0.05) is 17.3 Å². The molecule has 2 aliphatic heterocycles. The van der Waals surface area contributed by atoms with Crippen LogP contribution in [0.15, 0.2) is 47.9 Å². The highest BCUT2D eigenvalue weighted by atomic mass is 16.6. The van der Waals surface area contributed by atoms with Crippen molar-refractivity contribution in [3.63, 3.8) is 0 Å². The lowest BCUT2D eigenvalue weighted by Gasteiger charge is -2.30. The number of nitrogens with zero attached hydrogens (tertiary/aromatic N) is 3. The Morgan fingerprint density at radius 3 is 2.56 bits per heavy atom. The number of oxime groups is 1. The van der Waals surface area contributed by atoms with E-state index in [4.69, 9.17) is 14.3 Å². The first-order valence-electron chi connectivity index (χ1n) is 10.8. The number of fused-ring (bicyclic) bond motifs is 8. The monoisotopic (exact) mass is 433 g/mol. The Morgan fingerprint density at radius 2 is 1.84 bits per heavy atom. The largest absolute Gasteiger partial charge is 0.493 e.